The standard InChI is InChI=1S/C13H17F2N/c14-12-6-5-9(7-13(12)15)11-4-2-1-3-10(11)8-16/h5-7,10-11H,1-4,8,16H2. The molecule has 1 aliphatic carbocycles. The van der Waals surface area contributed by atoms with Crippen LogP contribution in [-0.4, -0.2) is 6.54 Å². The van der Waals surface area contributed by atoms with Crippen molar-refractivity contribution >= 4 is 0 Å². The predicted octanol–water partition coefficient (Wildman–Crippen LogP) is 3.20. The minimum atomic E-state index is -0.774. The van der Waals surface area contributed by atoms with E-state index in [1.54, 1.807) is 6.07 Å². The summed E-state index contributed by atoms with van der Waals surface area (Å²) in [7, 11) is 0. The maximum atomic E-state index is 13.2. The first-order valence-electron chi connectivity index (χ1n) is 5.87. The Hall–Kier alpha value is -0.960. The molecule has 1 aromatic carbocycles. The molecule has 1 saturated carbocycles. The summed E-state index contributed by atoms with van der Waals surface area (Å²) in [6.07, 6.45) is 4.48. The third-order valence-corrected chi connectivity index (χ3v) is 3.58. The van der Waals surface area contributed by atoms with Crippen molar-refractivity contribution in [2.24, 2.45) is 11.7 Å². The normalized spacial score (nSPS) is 25.7. The third-order valence-electron chi connectivity index (χ3n) is 3.58. The molecule has 1 nitrogen and oxygen atoms in total. The predicted molar refractivity (Wildman–Crippen MR) is 60.1 cm³/mol. The van der Waals surface area contributed by atoms with Gasteiger partial charge in [0.15, 0.2) is 11.6 Å². The van der Waals surface area contributed by atoms with Gasteiger partial charge < -0.3 is 5.73 Å². The molecule has 0 aliphatic heterocycles. The quantitative estimate of drug-likeness (QED) is 0.821. The van der Waals surface area contributed by atoms with Crippen LogP contribution < -0.4 is 5.73 Å². The summed E-state index contributed by atoms with van der Waals surface area (Å²) in [4.78, 5) is 0. The molecule has 2 atom stereocenters. The number of halogens is 2. The van der Waals surface area contributed by atoms with E-state index in [1.807, 2.05) is 0 Å². The highest BCUT2D eigenvalue weighted by atomic mass is 19.2. The summed E-state index contributed by atoms with van der Waals surface area (Å²) in [5.41, 5.74) is 6.63. The van der Waals surface area contributed by atoms with Gasteiger partial charge in [-0.2, -0.15) is 0 Å². The van der Waals surface area contributed by atoms with Gasteiger partial charge in [0.1, 0.15) is 0 Å². The smallest absolute Gasteiger partial charge is 0.159 e. The van der Waals surface area contributed by atoms with E-state index in [4.69, 9.17) is 5.73 Å². The molecule has 0 radical (unpaired) electrons. The SMILES string of the molecule is NCC1CCCCC1c1ccc(F)c(F)c1. The van der Waals surface area contributed by atoms with Crippen molar-refractivity contribution in [1.82, 2.24) is 0 Å². The summed E-state index contributed by atoms with van der Waals surface area (Å²) < 4.78 is 26.0. The van der Waals surface area contributed by atoms with Crippen LogP contribution in [0.25, 0.3) is 0 Å². The highest BCUT2D eigenvalue weighted by Crippen LogP contribution is 2.37. The maximum Gasteiger partial charge on any atom is 0.159 e. The van der Waals surface area contributed by atoms with Crippen molar-refractivity contribution < 1.29 is 8.78 Å². The molecule has 16 heavy (non-hydrogen) atoms. The van der Waals surface area contributed by atoms with E-state index < -0.39 is 11.6 Å². The topological polar surface area (TPSA) is 26.0 Å². The van der Waals surface area contributed by atoms with Gasteiger partial charge in [-0.15, -0.1) is 0 Å². The Labute approximate surface area is 94.7 Å². The Balaban J connectivity index is 2.23. The molecule has 0 bridgehead atoms. The van der Waals surface area contributed by atoms with Gasteiger partial charge in [-0.1, -0.05) is 18.9 Å². The summed E-state index contributed by atoms with van der Waals surface area (Å²) >= 11 is 0. The van der Waals surface area contributed by atoms with Gasteiger partial charge in [0, 0.05) is 0 Å². The van der Waals surface area contributed by atoms with Crippen LogP contribution in [0.5, 0.6) is 0 Å². The zero-order valence-electron chi connectivity index (χ0n) is 9.26. The van der Waals surface area contributed by atoms with Crippen molar-refractivity contribution in [3.8, 4) is 0 Å². The lowest BCUT2D eigenvalue weighted by molar-refractivity contribution is 0.313. The second-order valence-corrected chi connectivity index (χ2v) is 4.56. The Bertz CT molecular complexity index is 365. The van der Waals surface area contributed by atoms with E-state index in [9.17, 15) is 8.78 Å². The lowest BCUT2D eigenvalue weighted by Crippen LogP contribution is -2.25. The first kappa shape index (κ1) is 11.5. The third kappa shape index (κ3) is 2.24. The lowest BCUT2D eigenvalue weighted by atomic mass is 9.75. The second kappa shape index (κ2) is 4.91. The fourth-order valence-corrected chi connectivity index (χ4v) is 2.67. The van der Waals surface area contributed by atoms with Crippen LogP contribution in [0, 0.1) is 17.6 Å². The van der Waals surface area contributed by atoms with Crippen LogP contribution in [0.15, 0.2) is 18.2 Å². The van der Waals surface area contributed by atoms with Crippen molar-refractivity contribution in [2.45, 2.75) is 31.6 Å². The summed E-state index contributed by atoms with van der Waals surface area (Å²) in [6, 6.07) is 4.23. The minimum absolute atomic E-state index is 0.300. The molecule has 0 aromatic heterocycles. The van der Waals surface area contributed by atoms with Crippen LogP contribution in [-0.2, 0) is 0 Å². The molecule has 88 valence electrons. The largest absolute Gasteiger partial charge is 0.330 e. The van der Waals surface area contributed by atoms with Crippen molar-refractivity contribution in [3.63, 3.8) is 0 Å². The summed E-state index contributed by atoms with van der Waals surface area (Å²) in [5.74, 6) is -0.810. The van der Waals surface area contributed by atoms with E-state index in [0.717, 1.165) is 24.8 Å². The zero-order valence-corrected chi connectivity index (χ0v) is 9.26. The Morgan fingerprint density at radius 2 is 1.88 bits per heavy atom. The molecule has 2 N–H and O–H groups in total. The number of rotatable bonds is 2. The van der Waals surface area contributed by atoms with Crippen LogP contribution in [0.3, 0.4) is 0 Å². The number of benzene rings is 1. The van der Waals surface area contributed by atoms with Gasteiger partial charge >= 0.3 is 0 Å². The lowest BCUT2D eigenvalue weighted by Gasteiger charge is -2.31. The molecule has 1 fully saturated rings. The molecule has 1 aromatic rings. The van der Waals surface area contributed by atoms with Gasteiger partial charge in [-0.05, 0) is 48.9 Å². The van der Waals surface area contributed by atoms with E-state index >= 15 is 0 Å². The Morgan fingerprint density at radius 3 is 2.56 bits per heavy atom. The number of hydrogen-bond donors (Lipinski definition) is 1. The average Bonchev–Trinajstić information content (AvgIpc) is 2.32. The maximum absolute atomic E-state index is 13.2. The molecular weight excluding hydrogens is 208 g/mol. The van der Waals surface area contributed by atoms with Crippen molar-refractivity contribution in [2.75, 3.05) is 6.54 Å². The van der Waals surface area contributed by atoms with E-state index in [2.05, 4.69) is 0 Å². The van der Waals surface area contributed by atoms with Crippen LogP contribution in [0.2, 0.25) is 0 Å². The fraction of sp³-hybridized carbons (Fsp3) is 0.538. The second-order valence-electron chi connectivity index (χ2n) is 4.56. The molecule has 3 heteroatoms. The molecule has 0 spiro atoms. The van der Waals surface area contributed by atoms with Crippen LogP contribution >= 0.6 is 0 Å². The molecule has 0 saturated heterocycles. The first-order valence-corrected chi connectivity index (χ1v) is 5.87. The van der Waals surface area contributed by atoms with E-state index in [0.29, 0.717) is 18.4 Å². The molecule has 0 heterocycles. The fourth-order valence-electron chi connectivity index (χ4n) is 2.67. The monoisotopic (exact) mass is 225 g/mol. The molecule has 1 aliphatic rings. The van der Waals surface area contributed by atoms with Crippen molar-refractivity contribution in [3.05, 3.63) is 35.4 Å². The number of nitrogens with two attached hydrogens (primary N) is 1. The molecule has 0 amide bonds. The average molecular weight is 225 g/mol. The van der Waals surface area contributed by atoms with E-state index in [1.165, 1.54) is 18.6 Å². The van der Waals surface area contributed by atoms with Gasteiger partial charge in [0.2, 0.25) is 0 Å². The van der Waals surface area contributed by atoms with Crippen molar-refractivity contribution in [1.29, 1.82) is 0 Å². The Kier molecular flexibility index (Phi) is 3.54. The van der Waals surface area contributed by atoms with Gasteiger partial charge in [-0.25, -0.2) is 8.78 Å². The van der Waals surface area contributed by atoms with E-state index in [-0.39, 0.29) is 0 Å². The van der Waals surface area contributed by atoms with Crippen LogP contribution in [0.1, 0.15) is 37.2 Å². The first-order chi connectivity index (χ1) is 7.72. The molecular formula is C13H17F2N. The highest BCUT2D eigenvalue weighted by molar-refractivity contribution is 5.23. The zero-order chi connectivity index (χ0) is 11.5. The van der Waals surface area contributed by atoms with Gasteiger partial charge in [-0.3, -0.25) is 0 Å². The number of hydrogen-bond acceptors (Lipinski definition) is 1. The Morgan fingerprint density at radius 1 is 1.12 bits per heavy atom. The summed E-state index contributed by atoms with van der Waals surface area (Å²) in [5, 5.41) is 0. The van der Waals surface area contributed by atoms with Crippen LogP contribution in [0.4, 0.5) is 8.78 Å². The van der Waals surface area contributed by atoms with Gasteiger partial charge in [0.05, 0.1) is 0 Å². The highest BCUT2D eigenvalue weighted by Gasteiger charge is 2.25. The molecule has 2 unspecified atom stereocenters. The summed E-state index contributed by atoms with van der Waals surface area (Å²) in [6.45, 7) is 0.629. The van der Waals surface area contributed by atoms with Gasteiger partial charge in [0.25, 0.3) is 0 Å². The minimum Gasteiger partial charge on any atom is -0.330 e. The molecule has 2 rings (SSSR count).